The third-order valence-electron chi connectivity index (χ3n) is 5.78. The van der Waals surface area contributed by atoms with Gasteiger partial charge >= 0.3 is 0 Å². The first-order valence-corrected chi connectivity index (χ1v) is 10.4. The van der Waals surface area contributed by atoms with Gasteiger partial charge in [-0.25, -0.2) is 0 Å². The van der Waals surface area contributed by atoms with Crippen LogP contribution in [0, 0.1) is 0 Å². The average molecular weight is 397 g/mol. The van der Waals surface area contributed by atoms with Crippen LogP contribution in [-0.4, -0.2) is 4.98 Å². The van der Waals surface area contributed by atoms with Gasteiger partial charge in [0.15, 0.2) is 5.58 Å². The minimum absolute atomic E-state index is 0.827. The van der Waals surface area contributed by atoms with Crippen molar-refractivity contribution >= 4 is 21.9 Å². The largest absolute Gasteiger partial charge is 0.454 e. The molecule has 0 aliphatic carbocycles. The lowest BCUT2D eigenvalue weighted by atomic mass is 9.90. The Morgan fingerprint density at radius 3 is 1.90 bits per heavy atom. The van der Waals surface area contributed by atoms with Crippen molar-refractivity contribution in [1.29, 1.82) is 0 Å². The van der Waals surface area contributed by atoms with E-state index < -0.39 is 0 Å². The van der Waals surface area contributed by atoms with E-state index in [0.717, 1.165) is 38.8 Å². The van der Waals surface area contributed by atoms with Gasteiger partial charge in [0.25, 0.3) is 0 Å². The second-order valence-corrected chi connectivity index (χ2v) is 7.59. The van der Waals surface area contributed by atoms with Gasteiger partial charge in [-0.2, -0.15) is 0 Å². The second kappa shape index (κ2) is 7.26. The molecule has 0 N–H and O–H groups in total. The van der Waals surface area contributed by atoms with E-state index in [1.54, 1.807) is 0 Å². The van der Waals surface area contributed by atoms with Crippen molar-refractivity contribution in [3.63, 3.8) is 0 Å². The topological polar surface area (TPSA) is 26.0 Å². The number of furan rings is 1. The summed E-state index contributed by atoms with van der Waals surface area (Å²) in [4.78, 5) is 4.77. The smallest absolute Gasteiger partial charge is 0.161 e. The standard InChI is InChI=1S/C29H19NO/c1-2-10-20(11-3-1)21-12-4-5-13-22(21)23-14-6-7-16-25(23)28-29-26(18-19-30-28)24-15-8-9-17-27(24)31-29/h1-19H. The fraction of sp³-hybridized carbons (Fsp3) is 0. The molecular weight excluding hydrogens is 378 g/mol. The molecule has 0 saturated heterocycles. The number of hydrogen-bond donors (Lipinski definition) is 0. The van der Waals surface area contributed by atoms with Crippen LogP contribution in [0.5, 0.6) is 0 Å². The van der Waals surface area contributed by atoms with Crippen LogP contribution in [0.25, 0.3) is 55.4 Å². The Balaban J connectivity index is 1.63. The Morgan fingerprint density at radius 1 is 0.484 bits per heavy atom. The predicted octanol–water partition coefficient (Wildman–Crippen LogP) is 7.98. The summed E-state index contributed by atoms with van der Waals surface area (Å²) in [6.07, 6.45) is 1.87. The molecule has 0 aliphatic heterocycles. The van der Waals surface area contributed by atoms with Crippen molar-refractivity contribution in [1.82, 2.24) is 4.98 Å². The Hall–Kier alpha value is -4.17. The second-order valence-electron chi connectivity index (χ2n) is 7.59. The molecule has 6 aromatic rings. The van der Waals surface area contributed by atoms with Gasteiger partial charge < -0.3 is 4.42 Å². The van der Waals surface area contributed by atoms with Crippen LogP contribution in [0.3, 0.4) is 0 Å². The van der Waals surface area contributed by atoms with Crippen molar-refractivity contribution in [2.24, 2.45) is 0 Å². The highest BCUT2D eigenvalue weighted by molar-refractivity contribution is 6.09. The summed E-state index contributed by atoms with van der Waals surface area (Å²) in [5.74, 6) is 0. The SMILES string of the molecule is c1ccc(-c2ccccc2-c2ccccc2-c2nccc3c2oc2ccccc23)cc1. The molecule has 146 valence electrons. The van der Waals surface area contributed by atoms with Crippen LogP contribution < -0.4 is 0 Å². The van der Waals surface area contributed by atoms with Crippen molar-refractivity contribution in [3.05, 3.63) is 115 Å². The molecule has 0 aliphatic rings. The van der Waals surface area contributed by atoms with E-state index in [2.05, 4.69) is 78.9 Å². The quantitative estimate of drug-likeness (QED) is 0.302. The third kappa shape index (κ3) is 2.92. The summed E-state index contributed by atoms with van der Waals surface area (Å²) >= 11 is 0. The van der Waals surface area contributed by atoms with Crippen LogP contribution >= 0.6 is 0 Å². The van der Waals surface area contributed by atoms with Gasteiger partial charge in [-0.05, 0) is 34.4 Å². The van der Waals surface area contributed by atoms with Gasteiger partial charge in [-0.15, -0.1) is 0 Å². The number of nitrogens with zero attached hydrogens (tertiary/aromatic N) is 1. The molecule has 31 heavy (non-hydrogen) atoms. The molecule has 0 atom stereocenters. The van der Waals surface area contributed by atoms with Gasteiger partial charge in [-0.3, -0.25) is 4.98 Å². The van der Waals surface area contributed by atoms with Crippen LogP contribution in [-0.2, 0) is 0 Å². The Labute approximate surface area is 180 Å². The fourth-order valence-corrected chi connectivity index (χ4v) is 4.36. The molecule has 2 nitrogen and oxygen atoms in total. The van der Waals surface area contributed by atoms with E-state index in [-0.39, 0.29) is 0 Å². The van der Waals surface area contributed by atoms with Gasteiger partial charge in [0.1, 0.15) is 11.3 Å². The number of pyridine rings is 1. The molecule has 4 aromatic carbocycles. The van der Waals surface area contributed by atoms with E-state index in [1.165, 1.54) is 16.7 Å². The van der Waals surface area contributed by atoms with E-state index >= 15 is 0 Å². The molecule has 0 spiro atoms. The van der Waals surface area contributed by atoms with Crippen LogP contribution in [0.15, 0.2) is 120 Å². The minimum Gasteiger partial charge on any atom is -0.454 e. The van der Waals surface area contributed by atoms with Gasteiger partial charge in [0.2, 0.25) is 0 Å². The third-order valence-corrected chi connectivity index (χ3v) is 5.78. The number of fused-ring (bicyclic) bond motifs is 3. The highest BCUT2D eigenvalue weighted by atomic mass is 16.3. The molecule has 0 bridgehead atoms. The van der Waals surface area contributed by atoms with Crippen molar-refractivity contribution in [3.8, 4) is 33.5 Å². The van der Waals surface area contributed by atoms with E-state index in [9.17, 15) is 0 Å². The van der Waals surface area contributed by atoms with Crippen LogP contribution in [0.4, 0.5) is 0 Å². The summed E-state index contributed by atoms with van der Waals surface area (Å²) in [5.41, 5.74) is 8.36. The highest BCUT2D eigenvalue weighted by Crippen LogP contribution is 2.41. The summed E-state index contributed by atoms with van der Waals surface area (Å²) in [6, 6.07) is 37.7. The predicted molar refractivity (Wildman–Crippen MR) is 128 cm³/mol. The first-order chi connectivity index (χ1) is 15.4. The highest BCUT2D eigenvalue weighted by Gasteiger charge is 2.17. The minimum atomic E-state index is 0.827. The molecule has 6 rings (SSSR count). The Kier molecular flexibility index (Phi) is 4.14. The zero-order chi connectivity index (χ0) is 20.6. The van der Waals surface area contributed by atoms with E-state index in [1.807, 2.05) is 36.5 Å². The fourth-order valence-electron chi connectivity index (χ4n) is 4.36. The number of aromatic nitrogens is 1. The maximum atomic E-state index is 6.28. The lowest BCUT2D eigenvalue weighted by molar-refractivity contribution is 0.668. The van der Waals surface area contributed by atoms with Crippen molar-refractivity contribution < 1.29 is 4.42 Å². The summed E-state index contributed by atoms with van der Waals surface area (Å²) in [5, 5.41) is 2.20. The maximum Gasteiger partial charge on any atom is 0.161 e. The molecule has 0 radical (unpaired) electrons. The molecule has 2 aromatic heterocycles. The van der Waals surface area contributed by atoms with E-state index in [0.29, 0.717) is 0 Å². The van der Waals surface area contributed by atoms with E-state index in [4.69, 9.17) is 9.40 Å². The first kappa shape index (κ1) is 17.7. The maximum absolute atomic E-state index is 6.28. The number of hydrogen-bond acceptors (Lipinski definition) is 2. The van der Waals surface area contributed by atoms with Crippen LogP contribution in [0.1, 0.15) is 0 Å². The molecule has 2 heteroatoms. The lowest BCUT2D eigenvalue weighted by Crippen LogP contribution is -1.91. The number of para-hydroxylation sites is 1. The molecule has 0 fully saturated rings. The van der Waals surface area contributed by atoms with Gasteiger partial charge in [0, 0.05) is 22.5 Å². The first-order valence-electron chi connectivity index (χ1n) is 10.4. The molecule has 0 unspecified atom stereocenters. The normalized spacial score (nSPS) is 11.2. The monoisotopic (exact) mass is 397 g/mol. The van der Waals surface area contributed by atoms with Gasteiger partial charge in [0.05, 0.1) is 0 Å². The molecule has 0 amide bonds. The lowest BCUT2D eigenvalue weighted by Gasteiger charge is -2.14. The number of rotatable bonds is 3. The molecule has 0 saturated carbocycles. The van der Waals surface area contributed by atoms with Gasteiger partial charge in [-0.1, -0.05) is 97.1 Å². The Morgan fingerprint density at radius 2 is 1.10 bits per heavy atom. The molecular formula is C29H19NO. The average Bonchev–Trinajstić information content (AvgIpc) is 3.24. The van der Waals surface area contributed by atoms with Crippen molar-refractivity contribution in [2.45, 2.75) is 0 Å². The summed E-state index contributed by atoms with van der Waals surface area (Å²) < 4.78 is 6.28. The Bertz CT molecular complexity index is 1530. The summed E-state index contributed by atoms with van der Waals surface area (Å²) in [6.45, 7) is 0. The zero-order valence-electron chi connectivity index (χ0n) is 16.8. The zero-order valence-corrected chi connectivity index (χ0v) is 16.8. The molecule has 2 heterocycles. The van der Waals surface area contributed by atoms with Crippen LogP contribution in [0.2, 0.25) is 0 Å². The number of benzene rings is 4. The summed E-state index contributed by atoms with van der Waals surface area (Å²) in [7, 11) is 0. The van der Waals surface area contributed by atoms with Crippen molar-refractivity contribution in [2.75, 3.05) is 0 Å².